The Bertz CT molecular complexity index is 962. The molecule has 0 saturated carbocycles. The zero-order valence-corrected chi connectivity index (χ0v) is 16.7. The minimum Gasteiger partial charge on any atom is -0.490 e. The van der Waals surface area contributed by atoms with Crippen LogP contribution >= 0.6 is 0 Å². The first-order valence-electron chi connectivity index (χ1n) is 9.90. The standard InChI is InChI=1S/C21H23N5O4/c1-2-28-17-7-3-4-8-18(17)30-16-6-5-10-26(14-16)21-22-12-15(13-23-21)20(27)24-19-9-11-29-25-19/h3-4,7-9,11-13,16H,2,5-6,10,14H2,1H3,(H,24,25,27). The number of hydrogen-bond donors (Lipinski definition) is 1. The first-order valence-corrected chi connectivity index (χ1v) is 9.90. The van der Waals surface area contributed by atoms with E-state index in [4.69, 9.17) is 14.0 Å². The Morgan fingerprint density at radius 3 is 2.77 bits per heavy atom. The second kappa shape index (κ2) is 9.25. The molecule has 1 amide bonds. The second-order valence-electron chi connectivity index (χ2n) is 6.82. The second-order valence-corrected chi connectivity index (χ2v) is 6.82. The molecule has 1 fully saturated rings. The third-order valence-electron chi connectivity index (χ3n) is 4.68. The predicted octanol–water partition coefficient (Wildman–Crippen LogP) is 3.16. The van der Waals surface area contributed by atoms with E-state index in [0.717, 1.165) is 30.9 Å². The van der Waals surface area contributed by atoms with Gasteiger partial charge in [0.15, 0.2) is 17.3 Å². The van der Waals surface area contributed by atoms with Crippen molar-refractivity contribution in [2.45, 2.75) is 25.9 Å². The number of aromatic nitrogens is 3. The van der Waals surface area contributed by atoms with E-state index in [1.807, 2.05) is 31.2 Å². The van der Waals surface area contributed by atoms with Gasteiger partial charge in [-0.3, -0.25) is 4.79 Å². The highest BCUT2D eigenvalue weighted by atomic mass is 16.5. The monoisotopic (exact) mass is 409 g/mol. The molecule has 3 heterocycles. The van der Waals surface area contributed by atoms with Gasteiger partial charge in [-0.1, -0.05) is 17.3 Å². The number of benzene rings is 1. The number of nitrogens with zero attached hydrogens (tertiary/aromatic N) is 4. The van der Waals surface area contributed by atoms with E-state index in [9.17, 15) is 4.79 Å². The lowest BCUT2D eigenvalue weighted by Crippen LogP contribution is -2.42. The van der Waals surface area contributed by atoms with Gasteiger partial charge in [0.25, 0.3) is 5.91 Å². The fraction of sp³-hybridized carbons (Fsp3) is 0.333. The molecular formula is C21H23N5O4. The molecule has 9 nitrogen and oxygen atoms in total. The van der Waals surface area contributed by atoms with Gasteiger partial charge >= 0.3 is 0 Å². The van der Waals surface area contributed by atoms with Crippen molar-refractivity contribution in [3.8, 4) is 11.5 Å². The van der Waals surface area contributed by atoms with Gasteiger partial charge in [0.2, 0.25) is 5.95 Å². The lowest BCUT2D eigenvalue weighted by Gasteiger charge is -2.33. The zero-order chi connectivity index (χ0) is 20.8. The topological polar surface area (TPSA) is 103 Å². The largest absolute Gasteiger partial charge is 0.490 e. The third-order valence-corrected chi connectivity index (χ3v) is 4.68. The minimum atomic E-state index is -0.345. The molecule has 3 aromatic rings. The molecule has 1 N–H and O–H groups in total. The molecule has 1 atom stereocenters. The summed E-state index contributed by atoms with van der Waals surface area (Å²) in [6.45, 7) is 4.02. The van der Waals surface area contributed by atoms with Crippen LogP contribution < -0.4 is 19.7 Å². The van der Waals surface area contributed by atoms with Crippen molar-refractivity contribution in [2.75, 3.05) is 29.9 Å². The van der Waals surface area contributed by atoms with Gasteiger partial charge in [0.1, 0.15) is 12.4 Å². The molecule has 4 rings (SSSR count). The highest BCUT2D eigenvalue weighted by Crippen LogP contribution is 2.29. The highest BCUT2D eigenvalue weighted by molar-refractivity contribution is 6.03. The molecule has 1 aromatic carbocycles. The number of carbonyl (C=O) groups is 1. The molecule has 0 spiro atoms. The van der Waals surface area contributed by atoms with E-state index in [-0.39, 0.29) is 12.0 Å². The molecule has 2 aromatic heterocycles. The first-order chi connectivity index (χ1) is 14.7. The first kappa shape index (κ1) is 19.7. The maximum atomic E-state index is 12.2. The van der Waals surface area contributed by atoms with Crippen molar-refractivity contribution in [1.29, 1.82) is 0 Å². The van der Waals surface area contributed by atoms with Crippen LogP contribution in [0.25, 0.3) is 0 Å². The zero-order valence-electron chi connectivity index (χ0n) is 16.7. The van der Waals surface area contributed by atoms with Gasteiger partial charge in [-0.05, 0) is 31.9 Å². The van der Waals surface area contributed by atoms with E-state index >= 15 is 0 Å². The lowest BCUT2D eigenvalue weighted by molar-refractivity contribution is 0.102. The maximum absolute atomic E-state index is 12.2. The molecule has 1 aliphatic rings. The van der Waals surface area contributed by atoms with Crippen molar-refractivity contribution in [2.24, 2.45) is 0 Å². The van der Waals surface area contributed by atoms with Crippen LogP contribution in [-0.4, -0.2) is 46.8 Å². The molecule has 9 heteroatoms. The number of ether oxygens (including phenoxy) is 2. The van der Waals surface area contributed by atoms with Crippen LogP contribution in [-0.2, 0) is 0 Å². The number of para-hydroxylation sites is 2. The van der Waals surface area contributed by atoms with Gasteiger partial charge in [-0.25, -0.2) is 9.97 Å². The number of rotatable bonds is 7. The molecule has 0 bridgehead atoms. The highest BCUT2D eigenvalue weighted by Gasteiger charge is 2.24. The van der Waals surface area contributed by atoms with Crippen LogP contribution in [0.5, 0.6) is 11.5 Å². The van der Waals surface area contributed by atoms with Crippen LogP contribution in [0.4, 0.5) is 11.8 Å². The van der Waals surface area contributed by atoms with Crippen LogP contribution in [0.3, 0.4) is 0 Å². The minimum absolute atomic E-state index is 0.000836. The van der Waals surface area contributed by atoms with E-state index < -0.39 is 0 Å². The number of amides is 1. The van der Waals surface area contributed by atoms with Crippen LogP contribution in [0, 0.1) is 0 Å². The van der Waals surface area contributed by atoms with Crippen molar-refractivity contribution >= 4 is 17.7 Å². The average Bonchev–Trinajstić information content (AvgIpc) is 3.29. The number of nitrogens with one attached hydrogen (secondary N) is 1. The molecule has 0 radical (unpaired) electrons. The molecule has 1 saturated heterocycles. The number of carbonyl (C=O) groups excluding carboxylic acids is 1. The Morgan fingerprint density at radius 1 is 1.23 bits per heavy atom. The molecular weight excluding hydrogens is 386 g/mol. The average molecular weight is 409 g/mol. The summed E-state index contributed by atoms with van der Waals surface area (Å²) in [4.78, 5) is 23.0. The Hall–Kier alpha value is -3.62. The van der Waals surface area contributed by atoms with Crippen molar-refractivity contribution in [3.63, 3.8) is 0 Å². The summed E-state index contributed by atoms with van der Waals surface area (Å²) in [7, 11) is 0. The number of anilines is 2. The fourth-order valence-corrected chi connectivity index (χ4v) is 3.29. The Morgan fingerprint density at radius 2 is 2.03 bits per heavy atom. The number of piperidine rings is 1. The fourth-order valence-electron chi connectivity index (χ4n) is 3.29. The Balaban J connectivity index is 1.39. The van der Waals surface area contributed by atoms with Crippen molar-refractivity contribution < 1.29 is 18.8 Å². The van der Waals surface area contributed by atoms with Gasteiger partial charge in [-0.15, -0.1) is 0 Å². The van der Waals surface area contributed by atoms with Gasteiger partial charge < -0.3 is 24.2 Å². The van der Waals surface area contributed by atoms with Crippen LogP contribution in [0.15, 0.2) is 53.5 Å². The van der Waals surface area contributed by atoms with Gasteiger partial charge in [0, 0.05) is 25.0 Å². The summed E-state index contributed by atoms with van der Waals surface area (Å²) in [6, 6.07) is 9.25. The van der Waals surface area contributed by atoms with Crippen LogP contribution in [0.1, 0.15) is 30.1 Å². The molecule has 0 aliphatic carbocycles. The molecule has 1 unspecified atom stereocenters. The van der Waals surface area contributed by atoms with Gasteiger partial charge in [-0.2, -0.15) is 0 Å². The Labute approximate surface area is 174 Å². The van der Waals surface area contributed by atoms with E-state index in [0.29, 0.717) is 30.5 Å². The molecule has 30 heavy (non-hydrogen) atoms. The summed E-state index contributed by atoms with van der Waals surface area (Å²) in [6.07, 6.45) is 6.30. The van der Waals surface area contributed by atoms with E-state index in [2.05, 4.69) is 25.3 Å². The number of hydrogen-bond acceptors (Lipinski definition) is 8. The van der Waals surface area contributed by atoms with Crippen molar-refractivity contribution in [1.82, 2.24) is 15.1 Å². The summed E-state index contributed by atoms with van der Waals surface area (Å²) < 4.78 is 16.6. The van der Waals surface area contributed by atoms with E-state index in [1.54, 1.807) is 6.07 Å². The summed E-state index contributed by atoms with van der Waals surface area (Å²) in [5, 5.41) is 6.27. The maximum Gasteiger partial charge on any atom is 0.260 e. The third kappa shape index (κ3) is 4.68. The predicted molar refractivity (Wildman–Crippen MR) is 110 cm³/mol. The molecule has 156 valence electrons. The quantitative estimate of drug-likeness (QED) is 0.635. The lowest BCUT2D eigenvalue weighted by atomic mass is 10.1. The normalized spacial score (nSPS) is 16.2. The summed E-state index contributed by atoms with van der Waals surface area (Å²) in [5.41, 5.74) is 0.345. The SMILES string of the molecule is CCOc1ccccc1OC1CCCN(c2ncc(C(=O)Nc3ccon3)cn2)C1. The Kier molecular flexibility index (Phi) is 6.07. The summed E-state index contributed by atoms with van der Waals surface area (Å²) >= 11 is 0. The van der Waals surface area contributed by atoms with Gasteiger partial charge in [0.05, 0.1) is 18.7 Å². The smallest absolute Gasteiger partial charge is 0.260 e. The summed E-state index contributed by atoms with van der Waals surface area (Å²) in [5.74, 6) is 2.05. The molecule has 1 aliphatic heterocycles. The van der Waals surface area contributed by atoms with Crippen LogP contribution in [0.2, 0.25) is 0 Å². The van der Waals surface area contributed by atoms with Crippen molar-refractivity contribution in [3.05, 3.63) is 54.6 Å². The van der Waals surface area contributed by atoms with E-state index in [1.165, 1.54) is 18.7 Å².